The molecule has 2 N–H and O–H groups in total. The number of nitrogens with two attached hydrogens (primary N) is 1. The monoisotopic (exact) mass is 149 g/mol. The Balaban J connectivity index is -0.0000000246. The first-order valence-corrected chi connectivity index (χ1v) is 4.53. The fourth-order valence-corrected chi connectivity index (χ4v) is 0. The summed E-state index contributed by atoms with van der Waals surface area (Å²) in [6, 6.07) is 0. The van der Waals surface area contributed by atoms with Gasteiger partial charge in [-0.1, -0.05) is 54.9 Å². The lowest BCUT2D eigenvalue weighted by Gasteiger charge is -1.53. The summed E-state index contributed by atoms with van der Waals surface area (Å²) in [6.45, 7) is 14.9. The molecule has 0 unspecified atom stereocenters. The summed E-state index contributed by atoms with van der Waals surface area (Å²) in [6.07, 6.45) is 1.25. The lowest BCUT2D eigenvalue weighted by molar-refractivity contribution is 1.09. The van der Waals surface area contributed by atoms with Gasteiger partial charge in [-0.05, 0) is 6.54 Å². The van der Waals surface area contributed by atoms with Crippen molar-refractivity contribution in [3.05, 3.63) is 0 Å². The Bertz CT molecular complexity index is 6.69. The molecular formula is C9H27N. The summed E-state index contributed by atoms with van der Waals surface area (Å²) in [5, 5.41) is 0. The molecule has 0 saturated carbocycles. The highest BCUT2D eigenvalue weighted by Crippen LogP contribution is 1.56. The van der Waals surface area contributed by atoms with E-state index < -0.39 is 0 Å². The van der Waals surface area contributed by atoms with Gasteiger partial charge in [0.2, 0.25) is 0 Å². The van der Waals surface area contributed by atoms with Crippen molar-refractivity contribution in [2.24, 2.45) is 5.73 Å². The molecule has 0 saturated heterocycles. The summed E-state index contributed by atoms with van der Waals surface area (Å²) < 4.78 is 0. The standard InChI is InChI=1S/C3H8.C2H7N.2C2H6/c1-3-2;1-2-3;2*1-2/h3H2,1-2H3;2-3H2,1H3;2*1-2H3. The van der Waals surface area contributed by atoms with Crippen LogP contribution < -0.4 is 5.73 Å². The molecule has 0 fully saturated rings. The Morgan fingerprint density at radius 3 is 0.800 bits per heavy atom. The highest BCUT2D eigenvalue weighted by Gasteiger charge is 1.35. The first kappa shape index (κ1) is 22.5. The van der Waals surface area contributed by atoms with Crippen LogP contribution in [0.2, 0.25) is 0 Å². The molecule has 0 aliphatic heterocycles. The van der Waals surface area contributed by atoms with Gasteiger partial charge in [0.1, 0.15) is 0 Å². The molecule has 0 bridgehead atoms. The third kappa shape index (κ3) is 241000. The molecule has 0 aliphatic rings. The zero-order valence-electron chi connectivity index (χ0n) is 8.99. The Morgan fingerprint density at radius 1 is 0.800 bits per heavy atom. The number of rotatable bonds is 0. The van der Waals surface area contributed by atoms with Crippen molar-refractivity contribution in [1.29, 1.82) is 0 Å². The second-order valence-corrected chi connectivity index (χ2v) is 1.12. The summed E-state index contributed by atoms with van der Waals surface area (Å²) in [7, 11) is 0. The molecule has 0 radical (unpaired) electrons. The van der Waals surface area contributed by atoms with E-state index in [2.05, 4.69) is 13.8 Å². The summed E-state index contributed by atoms with van der Waals surface area (Å²) in [4.78, 5) is 0. The quantitative estimate of drug-likeness (QED) is 0.561. The minimum Gasteiger partial charge on any atom is -0.331 e. The van der Waals surface area contributed by atoms with Crippen LogP contribution in [0.25, 0.3) is 0 Å². The van der Waals surface area contributed by atoms with Gasteiger partial charge in [-0.15, -0.1) is 0 Å². The van der Waals surface area contributed by atoms with Gasteiger partial charge in [-0.3, -0.25) is 0 Å². The first-order valence-electron chi connectivity index (χ1n) is 4.53. The molecule has 0 spiro atoms. The topological polar surface area (TPSA) is 26.0 Å². The van der Waals surface area contributed by atoms with Crippen LogP contribution in [-0.2, 0) is 0 Å². The van der Waals surface area contributed by atoms with E-state index in [0.29, 0.717) is 0 Å². The van der Waals surface area contributed by atoms with Crippen LogP contribution in [-0.4, -0.2) is 6.54 Å². The van der Waals surface area contributed by atoms with E-state index in [4.69, 9.17) is 5.73 Å². The van der Waals surface area contributed by atoms with Crippen LogP contribution in [0.15, 0.2) is 0 Å². The SMILES string of the molecule is CC.CC.CCC.CCN. The molecule has 0 aromatic carbocycles. The van der Waals surface area contributed by atoms with Crippen molar-refractivity contribution in [2.75, 3.05) is 6.54 Å². The van der Waals surface area contributed by atoms with Gasteiger partial charge in [-0.25, -0.2) is 0 Å². The van der Waals surface area contributed by atoms with Gasteiger partial charge in [0, 0.05) is 0 Å². The van der Waals surface area contributed by atoms with Crippen molar-refractivity contribution in [3.8, 4) is 0 Å². The molecule has 68 valence electrons. The maximum absolute atomic E-state index is 4.85. The van der Waals surface area contributed by atoms with Crippen LogP contribution in [0.3, 0.4) is 0 Å². The van der Waals surface area contributed by atoms with Crippen molar-refractivity contribution in [2.45, 2.75) is 54.9 Å². The van der Waals surface area contributed by atoms with Crippen molar-refractivity contribution >= 4 is 0 Å². The van der Waals surface area contributed by atoms with Gasteiger partial charge in [0.05, 0.1) is 0 Å². The number of hydrogen-bond donors (Lipinski definition) is 1. The highest BCUT2D eigenvalue weighted by atomic mass is 14.5. The van der Waals surface area contributed by atoms with Gasteiger partial charge in [0.15, 0.2) is 0 Å². The zero-order chi connectivity index (χ0) is 9.41. The Morgan fingerprint density at radius 2 is 0.800 bits per heavy atom. The van der Waals surface area contributed by atoms with E-state index in [1.165, 1.54) is 6.42 Å². The van der Waals surface area contributed by atoms with E-state index in [-0.39, 0.29) is 0 Å². The molecule has 0 amide bonds. The van der Waals surface area contributed by atoms with Crippen molar-refractivity contribution in [1.82, 2.24) is 0 Å². The summed E-state index contributed by atoms with van der Waals surface area (Å²) in [5.74, 6) is 0. The highest BCUT2D eigenvalue weighted by molar-refractivity contribution is 4.00. The molecule has 10 heavy (non-hydrogen) atoms. The van der Waals surface area contributed by atoms with Crippen LogP contribution in [0.5, 0.6) is 0 Å². The van der Waals surface area contributed by atoms with Crippen molar-refractivity contribution < 1.29 is 0 Å². The second kappa shape index (κ2) is 148. The van der Waals surface area contributed by atoms with E-state index in [9.17, 15) is 0 Å². The molecule has 0 aromatic rings. The molecule has 0 atom stereocenters. The van der Waals surface area contributed by atoms with Crippen LogP contribution in [0.4, 0.5) is 0 Å². The van der Waals surface area contributed by atoms with Crippen LogP contribution >= 0.6 is 0 Å². The minimum atomic E-state index is 0.750. The average molecular weight is 149 g/mol. The largest absolute Gasteiger partial charge is 0.331 e. The van der Waals surface area contributed by atoms with E-state index in [0.717, 1.165) is 6.54 Å². The summed E-state index contributed by atoms with van der Waals surface area (Å²) >= 11 is 0. The Hall–Kier alpha value is -0.0400. The molecule has 0 aromatic heterocycles. The lowest BCUT2D eigenvalue weighted by Crippen LogP contribution is -1.87. The maximum atomic E-state index is 4.85. The minimum absolute atomic E-state index is 0.750. The lowest BCUT2D eigenvalue weighted by atomic mass is 10.6. The molecule has 0 rings (SSSR count). The maximum Gasteiger partial charge on any atom is -0.0106 e. The fourth-order valence-electron chi connectivity index (χ4n) is 0. The normalized spacial score (nSPS) is 4.80. The molecule has 1 nitrogen and oxygen atoms in total. The fraction of sp³-hybridized carbons (Fsp3) is 1.00. The average Bonchev–Trinajstić information content (AvgIpc) is 1.99. The molecule has 1 heteroatoms. The van der Waals surface area contributed by atoms with Crippen molar-refractivity contribution in [3.63, 3.8) is 0 Å². The van der Waals surface area contributed by atoms with Gasteiger partial charge in [0.25, 0.3) is 0 Å². The van der Waals surface area contributed by atoms with E-state index in [1.807, 2.05) is 34.6 Å². The molecule has 0 heterocycles. The van der Waals surface area contributed by atoms with Crippen LogP contribution in [0.1, 0.15) is 54.9 Å². The van der Waals surface area contributed by atoms with Gasteiger partial charge < -0.3 is 5.73 Å². The Kier molecular flexibility index (Phi) is 333. The third-order valence-corrected chi connectivity index (χ3v) is 0. The smallest absolute Gasteiger partial charge is 0.0106 e. The number of hydrogen-bond acceptors (Lipinski definition) is 1. The Labute approximate surface area is 68.0 Å². The van der Waals surface area contributed by atoms with E-state index in [1.54, 1.807) is 0 Å². The molecular weight excluding hydrogens is 122 g/mol. The predicted octanol–water partition coefficient (Wildman–Crippen LogP) is 3.43. The van der Waals surface area contributed by atoms with Gasteiger partial charge >= 0.3 is 0 Å². The second-order valence-electron chi connectivity index (χ2n) is 1.12. The predicted molar refractivity (Wildman–Crippen MR) is 53.4 cm³/mol. The van der Waals surface area contributed by atoms with Crippen LogP contribution in [0, 0.1) is 0 Å². The third-order valence-electron chi connectivity index (χ3n) is 0. The first-order chi connectivity index (χ1) is 4.83. The summed E-state index contributed by atoms with van der Waals surface area (Å²) in [5.41, 5.74) is 4.85. The van der Waals surface area contributed by atoms with Gasteiger partial charge in [-0.2, -0.15) is 0 Å². The molecule has 0 aliphatic carbocycles. The van der Waals surface area contributed by atoms with E-state index >= 15 is 0 Å². The zero-order valence-corrected chi connectivity index (χ0v) is 8.99.